The van der Waals surface area contributed by atoms with Crippen molar-refractivity contribution in [2.45, 2.75) is 0 Å². The van der Waals surface area contributed by atoms with Gasteiger partial charge in [-0.25, -0.2) is 4.98 Å². The molecule has 0 radical (unpaired) electrons. The topological polar surface area (TPSA) is 80.8 Å². The van der Waals surface area contributed by atoms with Crippen LogP contribution in [0, 0.1) is 0 Å². The third-order valence-corrected chi connectivity index (χ3v) is 9.59. The Balaban J connectivity index is 1.02. The van der Waals surface area contributed by atoms with Gasteiger partial charge in [0.05, 0.1) is 11.0 Å². The van der Waals surface area contributed by atoms with E-state index in [-0.39, 0.29) is 0 Å². The summed E-state index contributed by atoms with van der Waals surface area (Å²) in [5, 5.41) is 4.11. The summed E-state index contributed by atoms with van der Waals surface area (Å²) >= 11 is 0. The summed E-state index contributed by atoms with van der Waals surface area (Å²) in [7, 11) is 0. The summed E-state index contributed by atoms with van der Waals surface area (Å²) in [6, 6.07) is 44.4. The highest BCUT2D eigenvalue weighted by Gasteiger charge is 2.15. The minimum Gasteiger partial charge on any atom is -0.438 e. The van der Waals surface area contributed by atoms with Crippen molar-refractivity contribution in [3.05, 3.63) is 171 Å². The third kappa shape index (κ3) is 5.28. The molecule has 0 saturated heterocycles. The molecule has 0 atom stereocenters. The molecule has 0 aliphatic rings. The van der Waals surface area contributed by atoms with E-state index >= 15 is 0 Å². The Hall–Kier alpha value is -7.25. The Morgan fingerprint density at radius 2 is 0.923 bits per heavy atom. The Morgan fingerprint density at radius 1 is 0.404 bits per heavy atom. The van der Waals surface area contributed by atoms with Gasteiger partial charge in [0.1, 0.15) is 5.58 Å². The van der Waals surface area contributed by atoms with Gasteiger partial charge in [-0.05, 0) is 107 Å². The predicted octanol–water partition coefficient (Wildman–Crippen LogP) is 11.3. The molecule has 0 bridgehead atoms. The fourth-order valence-electron chi connectivity index (χ4n) is 6.91. The van der Waals surface area contributed by atoms with Gasteiger partial charge in [-0.15, -0.1) is 0 Å². The molecule has 0 fully saturated rings. The van der Waals surface area contributed by atoms with Gasteiger partial charge in [-0.3, -0.25) is 19.9 Å². The standard InChI is InChI=1S/C45H28N6O/c1-2-41-40-16-9-32(24-44(40)52-45(41)48-19-1)29-3-10-37(11-4-29)51(38-12-5-30(6-13-38)33-22-35-25-46-20-17-42(35)49-27-33)39-14-7-31(8-15-39)34-23-36-26-47-21-18-43(36)50-28-34/h1-28H. The first kappa shape index (κ1) is 29.6. The second-order valence-corrected chi connectivity index (χ2v) is 12.7. The molecule has 0 N–H and O–H groups in total. The monoisotopic (exact) mass is 668 g/mol. The first-order valence-corrected chi connectivity index (χ1v) is 17.0. The summed E-state index contributed by atoms with van der Waals surface area (Å²) in [6.45, 7) is 0. The lowest BCUT2D eigenvalue weighted by atomic mass is 10.0. The number of rotatable bonds is 6. The number of benzene rings is 4. The van der Waals surface area contributed by atoms with Gasteiger partial charge in [0, 0.05) is 93.1 Å². The smallest absolute Gasteiger partial charge is 0.227 e. The summed E-state index contributed by atoms with van der Waals surface area (Å²) in [6.07, 6.45) is 12.8. The molecule has 4 aromatic carbocycles. The molecule has 0 aliphatic carbocycles. The lowest BCUT2D eigenvalue weighted by Gasteiger charge is -2.26. The van der Waals surface area contributed by atoms with Gasteiger partial charge in [0.2, 0.25) is 5.71 Å². The van der Waals surface area contributed by atoms with E-state index in [1.54, 1.807) is 18.6 Å². The van der Waals surface area contributed by atoms with Crippen LogP contribution in [0.15, 0.2) is 175 Å². The van der Waals surface area contributed by atoms with Gasteiger partial charge in [-0.1, -0.05) is 42.5 Å². The van der Waals surface area contributed by atoms with Crippen LogP contribution in [0.1, 0.15) is 0 Å². The first-order chi connectivity index (χ1) is 25.7. The van der Waals surface area contributed by atoms with Gasteiger partial charge >= 0.3 is 0 Å². The Labute approximate surface area is 298 Å². The van der Waals surface area contributed by atoms with Crippen LogP contribution in [-0.4, -0.2) is 24.9 Å². The number of hydrogen-bond acceptors (Lipinski definition) is 7. The molecule has 244 valence electrons. The zero-order chi connectivity index (χ0) is 34.4. The SMILES string of the molecule is c1cnc2oc3cc(-c4ccc(N(c5ccc(-c6cnc7ccncc7c6)cc5)c5ccc(-c6cnc7ccncc7c6)cc5)cc4)ccc3c2c1. The molecule has 0 spiro atoms. The van der Waals surface area contributed by atoms with E-state index in [1.807, 2.05) is 49.1 Å². The van der Waals surface area contributed by atoms with Crippen molar-refractivity contribution in [1.82, 2.24) is 24.9 Å². The quantitative estimate of drug-likeness (QED) is 0.174. The van der Waals surface area contributed by atoms with Crippen LogP contribution in [0.2, 0.25) is 0 Å². The van der Waals surface area contributed by atoms with E-state index < -0.39 is 0 Å². The van der Waals surface area contributed by atoms with Crippen molar-refractivity contribution in [2.24, 2.45) is 0 Å². The van der Waals surface area contributed by atoms with Crippen LogP contribution in [0.4, 0.5) is 17.1 Å². The van der Waals surface area contributed by atoms with Crippen molar-refractivity contribution >= 4 is 60.9 Å². The van der Waals surface area contributed by atoms with Crippen LogP contribution < -0.4 is 4.90 Å². The zero-order valence-electron chi connectivity index (χ0n) is 27.8. The molecule has 0 aliphatic heterocycles. The van der Waals surface area contributed by atoms with Gasteiger partial charge in [0.25, 0.3) is 0 Å². The number of hydrogen-bond donors (Lipinski definition) is 0. The highest BCUT2D eigenvalue weighted by Crippen LogP contribution is 2.39. The van der Waals surface area contributed by atoms with E-state index in [9.17, 15) is 0 Å². The minimum atomic E-state index is 0.653. The fraction of sp³-hybridized carbons (Fsp3) is 0. The van der Waals surface area contributed by atoms with Crippen molar-refractivity contribution in [3.63, 3.8) is 0 Å². The van der Waals surface area contributed by atoms with Crippen LogP contribution in [0.3, 0.4) is 0 Å². The maximum Gasteiger partial charge on any atom is 0.227 e. The molecule has 10 aromatic rings. The minimum absolute atomic E-state index is 0.653. The molecular weight excluding hydrogens is 641 g/mol. The maximum absolute atomic E-state index is 6.08. The number of aromatic nitrogens is 5. The van der Waals surface area contributed by atoms with Gasteiger partial charge in [0.15, 0.2) is 0 Å². The third-order valence-electron chi connectivity index (χ3n) is 9.59. The highest BCUT2D eigenvalue weighted by atomic mass is 16.3. The number of nitrogens with zero attached hydrogens (tertiary/aromatic N) is 6. The summed E-state index contributed by atoms with van der Waals surface area (Å²) in [5.74, 6) is 0. The largest absolute Gasteiger partial charge is 0.438 e. The average molecular weight is 669 g/mol. The summed E-state index contributed by atoms with van der Waals surface area (Å²) in [4.78, 5) is 24.5. The number of fused-ring (bicyclic) bond motifs is 5. The van der Waals surface area contributed by atoms with Crippen LogP contribution in [-0.2, 0) is 0 Å². The number of pyridine rings is 5. The van der Waals surface area contributed by atoms with E-state index in [2.05, 4.69) is 133 Å². The lowest BCUT2D eigenvalue weighted by Crippen LogP contribution is -2.09. The fourth-order valence-corrected chi connectivity index (χ4v) is 6.91. The summed E-state index contributed by atoms with van der Waals surface area (Å²) < 4.78 is 6.08. The van der Waals surface area contributed by atoms with Gasteiger partial charge < -0.3 is 9.32 Å². The lowest BCUT2D eigenvalue weighted by molar-refractivity contribution is 0.654. The molecule has 6 aromatic heterocycles. The van der Waals surface area contributed by atoms with E-state index in [4.69, 9.17) is 4.42 Å². The maximum atomic E-state index is 6.08. The molecule has 0 saturated carbocycles. The molecule has 7 heteroatoms. The van der Waals surface area contributed by atoms with Crippen molar-refractivity contribution in [3.8, 4) is 33.4 Å². The average Bonchev–Trinajstić information content (AvgIpc) is 3.59. The van der Waals surface area contributed by atoms with E-state index in [0.717, 1.165) is 88.6 Å². The molecular formula is C45H28N6O. The van der Waals surface area contributed by atoms with Crippen LogP contribution in [0.25, 0.3) is 77.3 Å². The second-order valence-electron chi connectivity index (χ2n) is 12.7. The predicted molar refractivity (Wildman–Crippen MR) is 209 cm³/mol. The molecule has 52 heavy (non-hydrogen) atoms. The molecule has 6 heterocycles. The first-order valence-electron chi connectivity index (χ1n) is 17.0. The van der Waals surface area contributed by atoms with Gasteiger partial charge in [-0.2, -0.15) is 0 Å². The van der Waals surface area contributed by atoms with E-state index in [1.165, 1.54) is 0 Å². The Bertz CT molecular complexity index is 2780. The summed E-state index contributed by atoms with van der Waals surface area (Å²) in [5.41, 5.74) is 12.9. The normalized spacial score (nSPS) is 11.5. The molecule has 10 rings (SSSR count). The highest BCUT2D eigenvalue weighted by molar-refractivity contribution is 6.04. The van der Waals surface area contributed by atoms with Crippen LogP contribution >= 0.6 is 0 Å². The number of furan rings is 1. The number of anilines is 3. The Kier molecular flexibility index (Phi) is 6.99. The van der Waals surface area contributed by atoms with Crippen molar-refractivity contribution in [2.75, 3.05) is 4.90 Å². The Morgan fingerprint density at radius 3 is 1.48 bits per heavy atom. The molecule has 7 nitrogen and oxygen atoms in total. The molecule has 0 unspecified atom stereocenters. The molecule has 0 amide bonds. The second kappa shape index (κ2) is 12.3. The van der Waals surface area contributed by atoms with E-state index in [0.29, 0.717) is 5.71 Å². The van der Waals surface area contributed by atoms with Crippen molar-refractivity contribution < 1.29 is 4.42 Å². The van der Waals surface area contributed by atoms with Crippen molar-refractivity contribution in [1.29, 1.82) is 0 Å². The zero-order valence-corrected chi connectivity index (χ0v) is 27.8. The van der Waals surface area contributed by atoms with Crippen LogP contribution in [0.5, 0.6) is 0 Å².